The lowest BCUT2D eigenvalue weighted by Crippen LogP contribution is -2.33. The van der Waals surface area contributed by atoms with Crippen molar-refractivity contribution < 1.29 is 9.18 Å². The number of amides is 1. The van der Waals surface area contributed by atoms with Gasteiger partial charge in [0, 0.05) is 31.0 Å². The zero-order valence-electron chi connectivity index (χ0n) is 15.5. The summed E-state index contributed by atoms with van der Waals surface area (Å²) in [4.78, 5) is 16.5. The van der Waals surface area contributed by atoms with Crippen molar-refractivity contribution in [2.75, 3.05) is 5.73 Å². The number of hydrogen-bond acceptors (Lipinski definition) is 4. The summed E-state index contributed by atoms with van der Waals surface area (Å²) in [6, 6.07) is 6.75. The normalized spacial score (nSPS) is 14.3. The van der Waals surface area contributed by atoms with Crippen molar-refractivity contribution >= 4 is 22.6 Å². The first-order valence-electron chi connectivity index (χ1n) is 9.24. The average Bonchev–Trinajstić information content (AvgIpc) is 3.30. The highest BCUT2D eigenvalue weighted by molar-refractivity contribution is 6.05. The van der Waals surface area contributed by atoms with Crippen molar-refractivity contribution in [3.63, 3.8) is 0 Å². The molecule has 7 heteroatoms. The van der Waals surface area contributed by atoms with Crippen molar-refractivity contribution in [1.82, 2.24) is 14.9 Å². The van der Waals surface area contributed by atoms with Gasteiger partial charge in [-0.25, -0.2) is 9.37 Å². The number of rotatable bonds is 3. The summed E-state index contributed by atoms with van der Waals surface area (Å²) < 4.78 is 16.5. The third-order valence-corrected chi connectivity index (χ3v) is 5.36. The number of benzene rings is 1. The largest absolute Gasteiger partial charge is 0.383 e. The molecule has 3 N–H and O–H groups in total. The van der Waals surface area contributed by atoms with Gasteiger partial charge in [0.15, 0.2) is 0 Å². The Labute approximate surface area is 161 Å². The standard InChI is InChI=1S/C21H20FN5O/c1-27-11-16(18-19(27)13(9-23)10-25-20(18)24)12-6-7-15(17(22)8-12)21(28)26-14-4-2-3-5-14/h6-8,10-11,14H,2-5H2,1H3,(H2,24,25)(H,26,28). The van der Waals surface area contributed by atoms with Crippen LogP contribution in [0.1, 0.15) is 41.6 Å². The highest BCUT2D eigenvalue weighted by Gasteiger charge is 2.21. The number of nitrogens with two attached hydrogens (primary N) is 1. The van der Waals surface area contributed by atoms with Crippen molar-refractivity contribution in [1.29, 1.82) is 5.26 Å². The van der Waals surface area contributed by atoms with Gasteiger partial charge in [-0.3, -0.25) is 4.79 Å². The summed E-state index contributed by atoms with van der Waals surface area (Å²) >= 11 is 0. The molecule has 0 bridgehead atoms. The van der Waals surface area contributed by atoms with Crippen molar-refractivity contribution in [3.8, 4) is 17.2 Å². The number of halogens is 1. The first-order valence-corrected chi connectivity index (χ1v) is 9.24. The van der Waals surface area contributed by atoms with E-state index in [9.17, 15) is 14.4 Å². The first-order chi connectivity index (χ1) is 13.5. The van der Waals surface area contributed by atoms with Crippen LogP contribution in [0, 0.1) is 17.1 Å². The van der Waals surface area contributed by atoms with E-state index < -0.39 is 5.82 Å². The highest BCUT2D eigenvalue weighted by Crippen LogP contribution is 2.35. The summed E-state index contributed by atoms with van der Waals surface area (Å²) in [6.07, 6.45) is 7.28. The molecule has 0 saturated heterocycles. The molecule has 3 aromatic rings. The number of aryl methyl sites for hydroxylation is 1. The molecule has 1 aliphatic carbocycles. The summed E-state index contributed by atoms with van der Waals surface area (Å²) in [7, 11) is 1.80. The van der Waals surface area contributed by atoms with E-state index in [0.29, 0.717) is 27.6 Å². The average molecular weight is 377 g/mol. The summed E-state index contributed by atoms with van der Waals surface area (Å²) in [6.45, 7) is 0. The van der Waals surface area contributed by atoms with E-state index in [2.05, 4.69) is 16.4 Å². The van der Waals surface area contributed by atoms with E-state index in [1.54, 1.807) is 23.9 Å². The molecule has 0 spiro atoms. The van der Waals surface area contributed by atoms with Gasteiger partial charge in [0.2, 0.25) is 0 Å². The molecular formula is C21H20FN5O. The minimum atomic E-state index is -0.590. The Hall–Kier alpha value is -3.40. The van der Waals surface area contributed by atoms with Crippen LogP contribution in [0.15, 0.2) is 30.6 Å². The maximum Gasteiger partial charge on any atom is 0.254 e. The molecule has 28 heavy (non-hydrogen) atoms. The number of nitrogens with zero attached hydrogens (tertiary/aromatic N) is 3. The number of aromatic nitrogens is 2. The molecule has 2 heterocycles. The van der Waals surface area contributed by atoms with Crippen LogP contribution in [0.3, 0.4) is 0 Å². The number of anilines is 1. The number of nitriles is 1. The second-order valence-electron chi connectivity index (χ2n) is 7.20. The van der Waals surface area contributed by atoms with Crippen LogP contribution in [0.2, 0.25) is 0 Å². The molecule has 1 aromatic carbocycles. The van der Waals surface area contributed by atoms with Gasteiger partial charge in [0.25, 0.3) is 5.91 Å². The minimum Gasteiger partial charge on any atom is -0.383 e. The molecule has 1 amide bonds. The van der Waals surface area contributed by atoms with Crippen LogP contribution in [0.5, 0.6) is 0 Å². The maximum atomic E-state index is 14.7. The second-order valence-corrected chi connectivity index (χ2v) is 7.20. The van der Waals surface area contributed by atoms with Gasteiger partial charge in [-0.1, -0.05) is 18.9 Å². The fraction of sp³-hybridized carbons (Fsp3) is 0.286. The molecule has 0 aliphatic heterocycles. The van der Waals surface area contributed by atoms with Gasteiger partial charge in [0.05, 0.1) is 22.0 Å². The van der Waals surface area contributed by atoms with Crippen LogP contribution >= 0.6 is 0 Å². The fourth-order valence-electron chi connectivity index (χ4n) is 3.97. The van der Waals surface area contributed by atoms with Crippen LogP contribution in [-0.2, 0) is 7.05 Å². The molecule has 0 unspecified atom stereocenters. The molecule has 1 fully saturated rings. The Morgan fingerprint density at radius 2 is 2.14 bits per heavy atom. The number of carbonyl (C=O) groups is 1. The third kappa shape index (κ3) is 2.97. The van der Waals surface area contributed by atoms with Gasteiger partial charge in [-0.05, 0) is 30.5 Å². The topological polar surface area (TPSA) is 96.7 Å². The number of pyridine rings is 1. The first kappa shape index (κ1) is 18.0. The molecule has 2 aromatic heterocycles. The highest BCUT2D eigenvalue weighted by atomic mass is 19.1. The summed E-state index contributed by atoms with van der Waals surface area (Å²) in [5.74, 6) is -0.706. The predicted molar refractivity (Wildman–Crippen MR) is 105 cm³/mol. The van der Waals surface area contributed by atoms with Crippen LogP contribution < -0.4 is 11.1 Å². The predicted octanol–water partition coefficient (Wildman–Crippen LogP) is 3.51. The van der Waals surface area contributed by atoms with E-state index in [-0.39, 0.29) is 23.3 Å². The van der Waals surface area contributed by atoms with Crippen molar-refractivity contribution in [3.05, 3.63) is 47.5 Å². The molecule has 142 valence electrons. The SMILES string of the molecule is Cn1cc(-c2ccc(C(=O)NC3CCCC3)c(F)c2)c2c(N)ncc(C#N)c21. The Kier molecular flexibility index (Phi) is 4.47. The van der Waals surface area contributed by atoms with Crippen LogP contribution in [0.4, 0.5) is 10.2 Å². The van der Waals surface area contributed by atoms with E-state index in [1.165, 1.54) is 18.3 Å². The van der Waals surface area contributed by atoms with Gasteiger partial charge >= 0.3 is 0 Å². The number of nitrogens with one attached hydrogen (secondary N) is 1. The minimum absolute atomic E-state index is 0.0275. The van der Waals surface area contributed by atoms with E-state index in [1.807, 2.05) is 0 Å². The van der Waals surface area contributed by atoms with Crippen LogP contribution in [-0.4, -0.2) is 21.5 Å². The lowest BCUT2D eigenvalue weighted by atomic mass is 10.0. The molecule has 6 nitrogen and oxygen atoms in total. The Bertz CT molecular complexity index is 1120. The quantitative estimate of drug-likeness (QED) is 0.730. The molecule has 0 atom stereocenters. The van der Waals surface area contributed by atoms with Crippen molar-refractivity contribution in [2.24, 2.45) is 7.05 Å². The Morgan fingerprint density at radius 3 is 2.82 bits per heavy atom. The van der Waals surface area contributed by atoms with E-state index in [0.717, 1.165) is 25.7 Å². The smallest absolute Gasteiger partial charge is 0.254 e. The lowest BCUT2D eigenvalue weighted by molar-refractivity contribution is 0.0934. The fourth-order valence-corrected chi connectivity index (χ4v) is 3.97. The van der Waals surface area contributed by atoms with E-state index in [4.69, 9.17) is 5.73 Å². The maximum absolute atomic E-state index is 14.7. The molecule has 4 rings (SSSR count). The third-order valence-electron chi connectivity index (χ3n) is 5.36. The molecule has 1 aliphatic rings. The second kappa shape index (κ2) is 6.97. The van der Waals surface area contributed by atoms with E-state index >= 15 is 0 Å². The van der Waals surface area contributed by atoms with Gasteiger partial charge in [-0.2, -0.15) is 5.26 Å². The molecule has 0 radical (unpaired) electrons. The number of nitrogen functional groups attached to an aromatic ring is 1. The molecule has 1 saturated carbocycles. The molecular weight excluding hydrogens is 357 g/mol. The summed E-state index contributed by atoms with van der Waals surface area (Å²) in [5.41, 5.74) is 8.36. The van der Waals surface area contributed by atoms with Gasteiger partial charge < -0.3 is 15.6 Å². The lowest BCUT2D eigenvalue weighted by Gasteiger charge is -2.13. The Morgan fingerprint density at radius 1 is 1.39 bits per heavy atom. The van der Waals surface area contributed by atoms with Gasteiger partial charge in [0.1, 0.15) is 17.7 Å². The van der Waals surface area contributed by atoms with Crippen LogP contribution in [0.25, 0.3) is 22.0 Å². The number of carbonyl (C=O) groups excluding carboxylic acids is 1. The monoisotopic (exact) mass is 377 g/mol. The summed E-state index contributed by atoms with van der Waals surface area (Å²) in [5, 5.41) is 12.8. The Balaban J connectivity index is 1.74. The zero-order valence-corrected chi connectivity index (χ0v) is 15.5. The number of fused-ring (bicyclic) bond motifs is 1. The van der Waals surface area contributed by atoms with Gasteiger partial charge in [-0.15, -0.1) is 0 Å². The number of hydrogen-bond donors (Lipinski definition) is 2. The van der Waals surface area contributed by atoms with Crippen molar-refractivity contribution in [2.45, 2.75) is 31.7 Å². The zero-order chi connectivity index (χ0) is 19.8.